The van der Waals surface area contributed by atoms with Gasteiger partial charge in [-0.2, -0.15) is 0 Å². The van der Waals surface area contributed by atoms with E-state index in [9.17, 15) is 9.18 Å². The molecule has 1 fully saturated rings. The fourth-order valence-electron chi connectivity index (χ4n) is 2.89. The van der Waals surface area contributed by atoms with E-state index < -0.39 is 0 Å². The molecular weight excluding hydrogens is 373 g/mol. The molecule has 0 aromatic heterocycles. The summed E-state index contributed by atoms with van der Waals surface area (Å²) in [7, 11) is 0. The normalized spacial score (nSPS) is 17.8. The molecule has 0 bridgehead atoms. The molecule has 1 aliphatic heterocycles. The molecule has 1 heterocycles. The molecule has 1 aliphatic rings. The zero-order chi connectivity index (χ0) is 16.9. The van der Waals surface area contributed by atoms with Crippen LogP contribution in [0.1, 0.15) is 28.8 Å². The quantitative estimate of drug-likeness (QED) is 0.772. The van der Waals surface area contributed by atoms with Gasteiger partial charge in [-0.05, 0) is 37.1 Å². The monoisotopic (exact) mass is 391 g/mol. The lowest BCUT2D eigenvalue weighted by atomic mass is 10.1. The number of hydrogen-bond donors (Lipinski definition) is 0. The third kappa shape index (κ3) is 4.22. The van der Waals surface area contributed by atoms with E-state index in [4.69, 9.17) is 4.74 Å². The van der Waals surface area contributed by atoms with Crippen molar-refractivity contribution in [2.45, 2.75) is 25.6 Å². The van der Waals surface area contributed by atoms with Gasteiger partial charge < -0.3 is 9.64 Å². The number of carbonyl (C=O) groups is 1. The van der Waals surface area contributed by atoms with E-state index in [0.29, 0.717) is 17.7 Å². The lowest BCUT2D eigenvalue weighted by molar-refractivity contribution is -0.00762. The van der Waals surface area contributed by atoms with E-state index in [2.05, 4.69) is 15.9 Å². The number of ether oxygens (including phenoxy) is 1. The molecule has 24 heavy (non-hydrogen) atoms. The first-order valence-corrected chi connectivity index (χ1v) is 8.82. The highest BCUT2D eigenvalue weighted by molar-refractivity contribution is 9.10. The van der Waals surface area contributed by atoms with Gasteiger partial charge in [0.05, 0.1) is 12.7 Å². The topological polar surface area (TPSA) is 29.5 Å². The number of nitrogens with zero attached hydrogens (tertiary/aromatic N) is 1. The van der Waals surface area contributed by atoms with Crippen LogP contribution in [-0.4, -0.2) is 30.0 Å². The highest BCUT2D eigenvalue weighted by Gasteiger charge is 2.25. The standard InChI is InChI=1S/C19H19BrFNO2/c20-16-7-3-6-14(11-16)19(23)22-10-4-8-17(12-22)24-13-15-5-1-2-9-18(15)21/h1-3,5-7,9,11,17H,4,8,10,12-13H2. The predicted octanol–water partition coefficient (Wildman–Crippen LogP) is 4.41. The van der Waals surface area contributed by atoms with Crippen molar-refractivity contribution in [2.24, 2.45) is 0 Å². The first kappa shape index (κ1) is 17.1. The molecule has 3 rings (SSSR count). The van der Waals surface area contributed by atoms with Gasteiger partial charge in [-0.1, -0.05) is 40.2 Å². The molecule has 0 N–H and O–H groups in total. The fourth-order valence-corrected chi connectivity index (χ4v) is 3.29. The summed E-state index contributed by atoms with van der Waals surface area (Å²) >= 11 is 3.39. The average molecular weight is 392 g/mol. The Bertz CT molecular complexity index is 722. The maximum atomic E-state index is 13.7. The Morgan fingerprint density at radius 2 is 2.08 bits per heavy atom. The van der Waals surface area contributed by atoms with Gasteiger partial charge in [0.25, 0.3) is 5.91 Å². The van der Waals surface area contributed by atoms with Crippen molar-refractivity contribution in [2.75, 3.05) is 13.1 Å². The molecular formula is C19H19BrFNO2. The minimum absolute atomic E-state index is 0.00971. The summed E-state index contributed by atoms with van der Waals surface area (Å²) in [4.78, 5) is 14.4. The number of hydrogen-bond acceptors (Lipinski definition) is 2. The van der Waals surface area contributed by atoms with Crippen molar-refractivity contribution in [1.29, 1.82) is 0 Å². The van der Waals surface area contributed by atoms with Crippen molar-refractivity contribution in [3.05, 3.63) is 69.9 Å². The van der Waals surface area contributed by atoms with Crippen molar-refractivity contribution < 1.29 is 13.9 Å². The number of likely N-dealkylation sites (tertiary alicyclic amines) is 1. The maximum absolute atomic E-state index is 13.7. The van der Waals surface area contributed by atoms with E-state index in [1.165, 1.54) is 6.07 Å². The van der Waals surface area contributed by atoms with Crippen molar-refractivity contribution in [3.63, 3.8) is 0 Å². The van der Waals surface area contributed by atoms with E-state index in [0.717, 1.165) is 23.9 Å². The lowest BCUT2D eigenvalue weighted by Crippen LogP contribution is -2.43. The van der Waals surface area contributed by atoms with E-state index in [-0.39, 0.29) is 24.4 Å². The molecule has 3 nitrogen and oxygen atoms in total. The van der Waals surface area contributed by atoms with Gasteiger partial charge in [0.15, 0.2) is 0 Å². The minimum Gasteiger partial charge on any atom is -0.372 e. The van der Waals surface area contributed by atoms with Crippen LogP contribution in [-0.2, 0) is 11.3 Å². The number of rotatable bonds is 4. The lowest BCUT2D eigenvalue weighted by Gasteiger charge is -2.32. The summed E-state index contributed by atoms with van der Waals surface area (Å²) in [5.41, 5.74) is 1.21. The number of piperidine rings is 1. The first-order valence-electron chi connectivity index (χ1n) is 8.03. The molecule has 1 unspecified atom stereocenters. The predicted molar refractivity (Wildman–Crippen MR) is 94.3 cm³/mol. The SMILES string of the molecule is O=C(c1cccc(Br)c1)N1CCCC(OCc2ccccc2F)C1. The van der Waals surface area contributed by atoms with Crippen molar-refractivity contribution in [1.82, 2.24) is 4.90 Å². The van der Waals surface area contributed by atoms with Gasteiger partial charge in [0, 0.05) is 28.7 Å². The Kier molecular flexibility index (Phi) is 5.63. The summed E-state index contributed by atoms with van der Waals surface area (Å²) < 4.78 is 20.4. The Hall–Kier alpha value is -1.72. The van der Waals surface area contributed by atoms with Gasteiger partial charge in [-0.25, -0.2) is 4.39 Å². The molecule has 0 saturated carbocycles. The molecule has 0 aliphatic carbocycles. The van der Waals surface area contributed by atoms with Gasteiger partial charge in [0.2, 0.25) is 0 Å². The summed E-state index contributed by atoms with van der Waals surface area (Å²) in [5.74, 6) is -0.245. The number of amides is 1. The second-order valence-corrected chi connectivity index (χ2v) is 6.84. The van der Waals surface area contributed by atoms with Crippen LogP contribution in [0, 0.1) is 5.82 Å². The van der Waals surface area contributed by atoms with Crippen LogP contribution in [0.3, 0.4) is 0 Å². The van der Waals surface area contributed by atoms with E-state index in [1.807, 2.05) is 29.2 Å². The molecule has 126 valence electrons. The number of halogens is 2. The molecule has 1 atom stereocenters. The Balaban J connectivity index is 1.60. The van der Waals surface area contributed by atoms with Crippen LogP contribution >= 0.6 is 15.9 Å². The molecule has 2 aromatic carbocycles. The zero-order valence-electron chi connectivity index (χ0n) is 13.3. The van der Waals surface area contributed by atoms with E-state index in [1.54, 1.807) is 18.2 Å². The fraction of sp³-hybridized carbons (Fsp3) is 0.316. The van der Waals surface area contributed by atoms with Crippen LogP contribution in [0.2, 0.25) is 0 Å². The second-order valence-electron chi connectivity index (χ2n) is 5.93. The minimum atomic E-state index is -0.254. The highest BCUT2D eigenvalue weighted by Crippen LogP contribution is 2.20. The summed E-state index contributed by atoms with van der Waals surface area (Å²) in [6, 6.07) is 14.0. The Morgan fingerprint density at radius 3 is 2.88 bits per heavy atom. The van der Waals surface area contributed by atoms with Gasteiger partial charge >= 0.3 is 0 Å². The Labute approximate surface area is 149 Å². The van der Waals surface area contributed by atoms with Crippen LogP contribution < -0.4 is 0 Å². The average Bonchev–Trinajstić information content (AvgIpc) is 2.61. The highest BCUT2D eigenvalue weighted by atomic mass is 79.9. The van der Waals surface area contributed by atoms with Gasteiger partial charge in [-0.15, -0.1) is 0 Å². The molecule has 5 heteroatoms. The van der Waals surface area contributed by atoms with Crippen LogP contribution in [0.15, 0.2) is 53.0 Å². The second kappa shape index (κ2) is 7.90. The van der Waals surface area contributed by atoms with Gasteiger partial charge in [-0.3, -0.25) is 4.79 Å². The molecule has 2 aromatic rings. The Morgan fingerprint density at radius 1 is 1.25 bits per heavy atom. The molecule has 0 radical (unpaired) electrons. The smallest absolute Gasteiger partial charge is 0.253 e. The largest absolute Gasteiger partial charge is 0.372 e. The first-order chi connectivity index (χ1) is 11.6. The summed E-state index contributed by atoms with van der Waals surface area (Å²) in [6.45, 7) is 1.50. The number of carbonyl (C=O) groups excluding carboxylic acids is 1. The summed E-state index contributed by atoms with van der Waals surface area (Å²) in [5, 5.41) is 0. The zero-order valence-corrected chi connectivity index (χ0v) is 14.8. The van der Waals surface area contributed by atoms with Crippen molar-refractivity contribution >= 4 is 21.8 Å². The number of benzene rings is 2. The van der Waals surface area contributed by atoms with E-state index >= 15 is 0 Å². The van der Waals surface area contributed by atoms with Gasteiger partial charge in [0.1, 0.15) is 5.82 Å². The molecule has 1 amide bonds. The summed E-state index contributed by atoms with van der Waals surface area (Å²) in [6.07, 6.45) is 1.72. The van der Waals surface area contributed by atoms with Crippen LogP contribution in [0.4, 0.5) is 4.39 Å². The third-order valence-corrected chi connectivity index (χ3v) is 4.66. The molecule has 1 saturated heterocycles. The molecule has 0 spiro atoms. The maximum Gasteiger partial charge on any atom is 0.253 e. The van der Waals surface area contributed by atoms with Crippen LogP contribution in [0.5, 0.6) is 0 Å². The van der Waals surface area contributed by atoms with Crippen molar-refractivity contribution in [3.8, 4) is 0 Å². The van der Waals surface area contributed by atoms with Crippen LogP contribution in [0.25, 0.3) is 0 Å². The third-order valence-electron chi connectivity index (χ3n) is 4.17.